The Hall–Kier alpha value is -2.01. The van der Waals surface area contributed by atoms with E-state index < -0.39 is 0 Å². The van der Waals surface area contributed by atoms with Gasteiger partial charge in [0, 0.05) is 17.1 Å². The number of carbonyl (C=O) groups excluding carboxylic acids is 1. The number of thiophene rings is 1. The first-order chi connectivity index (χ1) is 11.8. The van der Waals surface area contributed by atoms with Gasteiger partial charge in [0.2, 0.25) is 0 Å². The molecule has 1 aromatic carbocycles. The van der Waals surface area contributed by atoms with Crippen LogP contribution in [0.5, 0.6) is 5.75 Å². The number of carbonyl (C=O) groups is 1. The van der Waals surface area contributed by atoms with E-state index in [1.807, 2.05) is 36.1 Å². The monoisotopic (exact) mass is 344 g/mol. The van der Waals surface area contributed by atoms with Gasteiger partial charge >= 0.3 is 6.03 Å². The lowest BCUT2D eigenvalue weighted by molar-refractivity contribution is 0.190. The first kappa shape index (κ1) is 16.8. The Bertz CT molecular complexity index is 640. The third-order valence-corrected chi connectivity index (χ3v) is 5.28. The van der Waals surface area contributed by atoms with E-state index in [9.17, 15) is 4.79 Å². The van der Waals surface area contributed by atoms with Gasteiger partial charge in [-0.2, -0.15) is 0 Å². The number of likely N-dealkylation sites (tertiary alicyclic amines) is 1. The number of nitrogens with zero attached hydrogens (tertiary/aromatic N) is 1. The number of anilines is 1. The fourth-order valence-corrected chi connectivity index (χ4v) is 4.00. The zero-order valence-corrected chi connectivity index (χ0v) is 14.8. The molecule has 1 aliphatic rings. The number of nitrogens with one attached hydrogen (secondary N) is 1. The number of amides is 2. The van der Waals surface area contributed by atoms with Crippen LogP contribution >= 0.6 is 11.3 Å². The normalized spacial score (nSPS) is 18.0. The molecule has 1 unspecified atom stereocenters. The van der Waals surface area contributed by atoms with Crippen molar-refractivity contribution in [3.8, 4) is 5.75 Å². The highest BCUT2D eigenvalue weighted by Gasteiger charge is 2.27. The molecule has 2 aromatic rings. The van der Waals surface area contributed by atoms with E-state index in [4.69, 9.17) is 4.74 Å². The van der Waals surface area contributed by atoms with Gasteiger partial charge in [-0.05, 0) is 55.5 Å². The minimum absolute atomic E-state index is 0.0144. The zero-order valence-electron chi connectivity index (χ0n) is 14.0. The van der Waals surface area contributed by atoms with Crippen LogP contribution in [0.15, 0.2) is 41.8 Å². The van der Waals surface area contributed by atoms with Gasteiger partial charge in [-0.25, -0.2) is 4.79 Å². The van der Waals surface area contributed by atoms with Crippen LogP contribution in [-0.2, 0) is 0 Å². The highest BCUT2D eigenvalue weighted by Crippen LogP contribution is 2.33. The van der Waals surface area contributed by atoms with Gasteiger partial charge in [0.15, 0.2) is 0 Å². The molecule has 1 fully saturated rings. The molecule has 2 amide bonds. The van der Waals surface area contributed by atoms with Crippen LogP contribution in [0.4, 0.5) is 10.5 Å². The number of benzene rings is 1. The first-order valence-electron chi connectivity index (χ1n) is 8.62. The molecule has 0 saturated carbocycles. The van der Waals surface area contributed by atoms with E-state index in [2.05, 4.69) is 22.8 Å². The Morgan fingerprint density at radius 1 is 1.25 bits per heavy atom. The maximum atomic E-state index is 12.8. The summed E-state index contributed by atoms with van der Waals surface area (Å²) in [6.45, 7) is 3.41. The number of hydrogen-bond donors (Lipinski definition) is 1. The molecule has 1 aromatic heterocycles. The summed E-state index contributed by atoms with van der Waals surface area (Å²) < 4.78 is 5.44. The second kappa shape index (κ2) is 8.20. The number of urea groups is 1. The van der Waals surface area contributed by atoms with Crippen molar-refractivity contribution in [3.63, 3.8) is 0 Å². The Labute approximate surface area is 147 Å². The first-order valence-corrected chi connectivity index (χ1v) is 9.50. The summed E-state index contributed by atoms with van der Waals surface area (Å²) in [4.78, 5) is 16.1. The quantitative estimate of drug-likeness (QED) is 0.818. The van der Waals surface area contributed by atoms with Crippen LogP contribution in [0.1, 0.15) is 43.5 Å². The van der Waals surface area contributed by atoms with Crippen molar-refractivity contribution in [2.24, 2.45) is 0 Å². The maximum Gasteiger partial charge on any atom is 0.322 e. The largest absolute Gasteiger partial charge is 0.494 e. The van der Waals surface area contributed by atoms with E-state index >= 15 is 0 Å². The van der Waals surface area contributed by atoms with E-state index in [0.717, 1.165) is 30.8 Å². The van der Waals surface area contributed by atoms with Crippen LogP contribution < -0.4 is 10.1 Å². The molecule has 1 atom stereocenters. The lowest BCUT2D eigenvalue weighted by Crippen LogP contribution is -2.37. The van der Waals surface area contributed by atoms with Gasteiger partial charge in [-0.1, -0.05) is 18.9 Å². The SMILES string of the molecule is CCOc1ccc(NC(=O)N2CCCCCC2c2cccs2)cc1. The summed E-state index contributed by atoms with van der Waals surface area (Å²) in [5, 5.41) is 5.12. The lowest BCUT2D eigenvalue weighted by atomic mass is 10.1. The van der Waals surface area contributed by atoms with E-state index in [-0.39, 0.29) is 12.1 Å². The summed E-state index contributed by atoms with van der Waals surface area (Å²) in [5.74, 6) is 0.821. The van der Waals surface area contributed by atoms with Crippen molar-refractivity contribution in [2.75, 3.05) is 18.5 Å². The summed E-state index contributed by atoms with van der Waals surface area (Å²) in [6, 6.07) is 11.9. The molecule has 128 valence electrons. The second-order valence-corrected chi connectivity index (χ2v) is 6.94. The van der Waals surface area contributed by atoms with E-state index in [1.165, 1.54) is 17.7 Å². The predicted octanol–water partition coefficient (Wildman–Crippen LogP) is 5.30. The molecule has 24 heavy (non-hydrogen) atoms. The molecule has 1 saturated heterocycles. The minimum Gasteiger partial charge on any atom is -0.494 e. The molecular weight excluding hydrogens is 320 g/mol. The van der Waals surface area contributed by atoms with Crippen molar-refractivity contribution < 1.29 is 9.53 Å². The van der Waals surface area contributed by atoms with Gasteiger partial charge < -0.3 is 15.0 Å². The molecule has 0 radical (unpaired) electrons. The molecule has 1 aliphatic heterocycles. The van der Waals surface area contributed by atoms with Crippen LogP contribution in [0.3, 0.4) is 0 Å². The molecule has 4 nitrogen and oxygen atoms in total. The molecule has 2 heterocycles. The summed E-state index contributed by atoms with van der Waals surface area (Å²) >= 11 is 1.74. The number of rotatable bonds is 4. The van der Waals surface area contributed by atoms with Crippen molar-refractivity contribution in [1.82, 2.24) is 4.90 Å². The smallest absolute Gasteiger partial charge is 0.322 e. The summed E-state index contributed by atoms with van der Waals surface area (Å²) in [6.07, 6.45) is 4.47. The summed E-state index contributed by atoms with van der Waals surface area (Å²) in [5.41, 5.74) is 0.803. The molecule has 1 N–H and O–H groups in total. The van der Waals surface area contributed by atoms with E-state index in [1.54, 1.807) is 11.3 Å². The molecule has 0 aliphatic carbocycles. The molecule has 0 bridgehead atoms. The van der Waals surface area contributed by atoms with Gasteiger partial charge in [-0.3, -0.25) is 0 Å². The van der Waals surface area contributed by atoms with Crippen molar-refractivity contribution >= 4 is 23.1 Å². The predicted molar refractivity (Wildman–Crippen MR) is 98.9 cm³/mol. The second-order valence-electron chi connectivity index (χ2n) is 5.96. The molecule has 0 spiro atoms. The average molecular weight is 344 g/mol. The minimum atomic E-state index is -0.0144. The van der Waals surface area contributed by atoms with Crippen LogP contribution in [0, 0.1) is 0 Å². The van der Waals surface area contributed by atoms with Crippen molar-refractivity contribution in [3.05, 3.63) is 46.7 Å². The standard InChI is InChI=1S/C19H24N2O2S/c1-2-23-16-11-9-15(10-12-16)20-19(22)21-13-5-3-4-7-17(21)18-8-6-14-24-18/h6,8-12,14,17H,2-5,7,13H2,1H3,(H,20,22). The number of hydrogen-bond acceptors (Lipinski definition) is 3. The number of ether oxygens (including phenoxy) is 1. The zero-order chi connectivity index (χ0) is 16.8. The van der Waals surface area contributed by atoms with Crippen LogP contribution in [0.25, 0.3) is 0 Å². The van der Waals surface area contributed by atoms with E-state index in [0.29, 0.717) is 6.61 Å². The lowest BCUT2D eigenvalue weighted by Gasteiger charge is -2.29. The van der Waals surface area contributed by atoms with Gasteiger partial charge in [0.05, 0.1) is 12.6 Å². The van der Waals surface area contributed by atoms with Crippen molar-refractivity contribution in [1.29, 1.82) is 0 Å². The third kappa shape index (κ3) is 4.09. The van der Waals surface area contributed by atoms with Gasteiger partial charge in [0.25, 0.3) is 0 Å². The third-order valence-electron chi connectivity index (χ3n) is 4.30. The fraction of sp³-hybridized carbons (Fsp3) is 0.421. The highest BCUT2D eigenvalue weighted by atomic mass is 32.1. The maximum absolute atomic E-state index is 12.8. The average Bonchev–Trinajstić information content (AvgIpc) is 3.01. The Kier molecular flexibility index (Phi) is 5.75. The summed E-state index contributed by atoms with van der Waals surface area (Å²) in [7, 11) is 0. The van der Waals surface area contributed by atoms with Crippen molar-refractivity contribution in [2.45, 2.75) is 38.6 Å². The van der Waals surface area contributed by atoms with Gasteiger partial charge in [0.1, 0.15) is 5.75 Å². The highest BCUT2D eigenvalue weighted by molar-refractivity contribution is 7.10. The Morgan fingerprint density at radius 3 is 2.79 bits per heavy atom. The molecule has 3 rings (SSSR count). The molecular formula is C19H24N2O2S. The van der Waals surface area contributed by atoms with Crippen LogP contribution in [0.2, 0.25) is 0 Å². The van der Waals surface area contributed by atoms with Gasteiger partial charge in [-0.15, -0.1) is 11.3 Å². The topological polar surface area (TPSA) is 41.6 Å². The Balaban J connectivity index is 1.71. The Morgan fingerprint density at radius 2 is 2.08 bits per heavy atom. The van der Waals surface area contributed by atoms with Crippen LogP contribution in [-0.4, -0.2) is 24.1 Å². The molecule has 5 heteroatoms. The fourth-order valence-electron chi connectivity index (χ4n) is 3.12.